The first kappa shape index (κ1) is 19.6. The molecule has 3 aliphatic heterocycles. The number of benzene rings is 1. The Morgan fingerprint density at radius 3 is 2.73 bits per heavy atom. The zero-order chi connectivity index (χ0) is 20.5. The molecule has 0 N–H and O–H groups in total. The first-order valence-electron chi connectivity index (χ1n) is 10.7. The smallest absolute Gasteiger partial charge is 0.276 e. The van der Waals surface area contributed by atoms with Crippen LogP contribution in [0.25, 0.3) is 0 Å². The Bertz CT molecular complexity index is 927. The molecule has 0 bridgehead atoms. The van der Waals surface area contributed by atoms with Crippen LogP contribution in [0, 0.1) is 0 Å². The number of ether oxygens (including phenoxy) is 2. The number of hydrogen-bond acceptors (Lipinski definition) is 6. The minimum absolute atomic E-state index is 0.000701. The summed E-state index contributed by atoms with van der Waals surface area (Å²) in [5.41, 5.74) is 1.48. The number of likely N-dealkylation sites (tertiary alicyclic amines) is 2. The van der Waals surface area contributed by atoms with Crippen LogP contribution >= 0.6 is 11.6 Å². The second-order valence-electron chi connectivity index (χ2n) is 8.26. The molecule has 2 fully saturated rings. The van der Waals surface area contributed by atoms with Crippen LogP contribution in [0.5, 0.6) is 11.5 Å². The van der Waals surface area contributed by atoms with Gasteiger partial charge in [-0.15, -0.1) is 5.10 Å². The fraction of sp³-hybridized carbons (Fsp3) is 0.571. The number of amides is 1. The van der Waals surface area contributed by atoms with Crippen molar-refractivity contribution in [1.29, 1.82) is 0 Å². The van der Waals surface area contributed by atoms with E-state index < -0.39 is 0 Å². The van der Waals surface area contributed by atoms with E-state index in [4.69, 9.17) is 21.1 Å². The second-order valence-corrected chi connectivity index (χ2v) is 8.67. The minimum atomic E-state index is 0.000701. The third-order valence-corrected chi connectivity index (χ3v) is 6.51. The predicted molar refractivity (Wildman–Crippen MR) is 111 cm³/mol. The van der Waals surface area contributed by atoms with Crippen LogP contribution < -0.4 is 9.47 Å². The molecule has 4 heterocycles. The van der Waals surface area contributed by atoms with E-state index in [-0.39, 0.29) is 18.7 Å². The van der Waals surface area contributed by atoms with Gasteiger partial charge in [0.05, 0.1) is 12.2 Å². The summed E-state index contributed by atoms with van der Waals surface area (Å²) in [6, 6.07) is 4.00. The molecule has 160 valence electrons. The summed E-state index contributed by atoms with van der Waals surface area (Å²) in [6.45, 7) is 4.45. The Morgan fingerprint density at radius 1 is 1.10 bits per heavy atom. The van der Waals surface area contributed by atoms with Crippen LogP contribution in [0.3, 0.4) is 0 Å². The van der Waals surface area contributed by atoms with Crippen molar-refractivity contribution >= 4 is 17.5 Å². The average Bonchev–Trinajstić information content (AvgIpc) is 3.44. The number of carbonyl (C=O) groups is 1. The van der Waals surface area contributed by atoms with Crippen LogP contribution in [0.1, 0.15) is 54.2 Å². The van der Waals surface area contributed by atoms with E-state index in [0.717, 1.165) is 69.7 Å². The van der Waals surface area contributed by atoms with Gasteiger partial charge in [-0.1, -0.05) is 16.8 Å². The molecule has 2 saturated heterocycles. The van der Waals surface area contributed by atoms with Gasteiger partial charge in [-0.25, -0.2) is 4.68 Å². The monoisotopic (exact) mass is 431 g/mol. The molecule has 1 atom stereocenters. The third kappa shape index (κ3) is 3.98. The zero-order valence-corrected chi connectivity index (χ0v) is 17.7. The van der Waals surface area contributed by atoms with Gasteiger partial charge in [-0.2, -0.15) is 0 Å². The van der Waals surface area contributed by atoms with Gasteiger partial charge in [0.15, 0.2) is 17.2 Å². The fourth-order valence-corrected chi connectivity index (χ4v) is 4.74. The highest BCUT2D eigenvalue weighted by atomic mass is 35.5. The summed E-state index contributed by atoms with van der Waals surface area (Å²) in [6.07, 6.45) is 7.23. The zero-order valence-electron chi connectivity index (χ0n) is 16.9. The van der Waals surface area contributed by atoms with Crippen molar-refractivity contribution in [1.82, 2.24) is 24.8 Å². The molecule has 5 rings (SSSR count). The summed E-state index contributed by atoms with van der Waals surface area (Å²) in [7, 11) is 0. The predicted octanol–water partition coefficient (Wildman–Crippen LogP) is 3.12. The number of fused-ring (bicyclic) bond motifs is 1. The lowest BCUT2D eigenvalue weighted by molar-refractivity contribution is 0.0718. The van der Waals surface area contributed by atoms with Crippen LogP contribution in [0.2, 0.25) is 5.02 Å². The Hall–Kier alpha value is -2.32. The van der Waals surface area contributed by atoms with Crippen LogP contribution in [-0.4, -0.2) is 63.7 Å². The molecule has 1 aromatic heterocycles. The highest BCUT2D eigenvalue weighted by Crippen LogP contribution is 2.37. The number of piperidine rings is 2. The molecule has 0 saturated carbocycles. The largest absolute Gasteiger partial charge is 0.454 e. The van der Waals surface area contributed by atoms with Crippen molar-refractivity contribution in [3.63, 3.8) is 0 Å². The van der Waals surface area contributed by atoms with Crippen molar-refractivity contribution < 1.29 is 14.3 Å². The molecule has 1 unspecified atom stereocenters. The number of nitrogens with zero attached hydrogens (tertiary/aromatic N) is 5. The Kier molecular flexibility index (Phi) is 5.52. The lowest BCUT2D eigenvalue weighted by atomic mass is 10.0. The summed E-state index contributed by atoms with van der Waals surface area (Å²) in [5.74, 6) is 1.45. The highest BCUT2D eigenvalue weighted by Gasteiger charge is 2.26. The number of rotatable bonds is 4. The van der Waals surface area contributed by atoms with Gasteiger partial charge in [-0.3, -0.25) is 9.69 Å². The normalized spacial score (nSPS) is 21.8. The molecular formula is C21H26ClN5O3. The van der Waals surface area contributed by atoms with Crippen molar-refractivity contribution in [2.45, 2.75) is 44.7 Å². The van der Waals surface area contributed by atoms with Gasteiger partial charge in [0.25, 0.3) is 5.91 Å². The van der Waals surface area contributed by atoms with E-state index in [0.29, 0.717) is 16.5 Å². The van der Waals surface area contributed by atoms with Gasteiger partial charge in [-0.05, 0) is 50.3 Å². The molecule has 2 aromatic rings. The first-order chi connectivity index (χ1) is 14.7. The maximum atomic E-state index is 12.7. The maximum absolute atomic E-state index is 12.7. The van der Waals surface area contributed by atoms with Gasteiger partial charge in [0, 0.05) is 37.3 Å². The van der Waals surface area contributed by atoms with E-state index in [9.17, 15) is 4.79 Å². The van der Waals surface area contributed by atoms with Gasteiger partial charge < -0.3 is 14.4 Å². The molecule has 30 heavy (non-hydrogen) atoms. The van der Waals surface area contributed by atoms with Gasteiger partial charge in [0.1, 0.15) is 0 Å². The standard InChI is InChI=1S/C21H26ClN5O3/c22-17-10-20-19(29-14-30-20)9-15(17)11-25-6-4-5-16(12-25)27-13-18(23-24-27)21(28)26-7-2-1-3-8-26/h9-10,13,16H,1-8,11-12,14H2. The molecule has 0 aliphatic carbocycles. The van der Waals surface area contributed by atoms with E-state index in [2.05, 4.69) is 15.2 Å². The number of carbonyl (C=O) groups excluding carboxylic acids is 1. The SMILES string of the molecule is O=C(c1cn(C2CCCN(Cc3cc4c(cc3Cl)OCO4)C2)nn1)N1CCCCC1. The molecule has 8 nitrogen and oxygen atoms in total. The van der Waals surface area contributed by atoms with Gasteiger partial charge >= 0.3 is 0 Å². The Labute approximate surface area is 180 Å². The lowest BCUT2D eigenvalue weighted by Gasteiger charge is -2.32. The molecule has 3 aliphatic rings. The third-order valence-electron chi connectivity index (χ3n) is 6.16. The van der Waals surface area contributed by atoms with Crippen molar-refractivity contribution in [2.24, 2.45) is 0 Å². The molecule has 1 aromatic carbocycles. The van der Waals surface area contributed by atoms with E-state index in [1.165, 1.54) is 6.42 Å². The topological polar surface area (TPSA) is 72.7 Å². The summed E-state index contributed by atoms with van der Waals surface area (Å²) >= 11 is 6.46. The van der Waals surface area contributed by atoms with E-state index >= 15 is 0 Å². The number of hydrogen-bond donors (Lipinski definition) is 0. The Morgan fingerprint density at radius 2 is 1.90 bits per heavy atom. The molecule has 0 radical (unpaired) electrons. The van der Waals surface area contributed by atoms with Crippen LogP contribution in [0.4, 0.5) is 0 Å². The van der Waals surface area contributed by atoms with Crippen molar-refractivity contribution in [3.8, 4) is 11.5 Å². The highest BCUT2D eigenvalue weighted by molar-refractivity contribution is 6.31. The molecular weight excluding hydrogens is 406 g/mol. The fourth-order valence-electron chi connectivity index (χ4n) is 4.52. The summed E-state index contributed by atoms with van der Waals surface area (Å²) in [4.78, 5) is 17.0. The summed E-state index contributed by atoms with van der Waals surface area (Å²) in [5, 5.41) is 9.16. The quantitative estimate of drug-likeness (QED) is 0.740. The molecule has 1 amide bonds. The van der Waals surface area contributed by atoms with Crippen molar-refractivity contribution in [2.75, 3.05) is 33.0 Å². The summed E-state index contributed by atoms with van der Waals surface area (Å²) < 4.78 is 12.8. The van der Waals surface area contributed by atoms with Crippen LogP contribution in [-0.2, 0) is 6.54 Å². The van der Waals surface area contributed by atoms with E-state index in [1.807, 2.05) is 27.9 Å². The second kappa shape index (κ2) is 8.43. The molecule has 0 spiro atoms. The maximum Gasteiger partial charge on any atom is 0.276 e. The number of aromatic nitrogens is 3. The minimum Gasteiger partial charge on any atom is -0.454 e. The molecule has 9 heteroatoms. The lowest BCUT2D eigenvalue weighted by Crippen LogP contribution is -2.36. The number of halogens is 1. The van der Waals surface area contributed by atoms with Crippen LogP contribution in [0.15, 0.2) is 18.3 Å². The van der Waals surface area contributed by atoms with Crippen molar-refractivity contribution in [3.05, 3.63) is 34.6 Å². The average molecular weight is 432 g/mol. The first-order valence-corrected chi connectivity index (χ1v) is 11.1. The van der Waals surface area contributed by atoms with Gasteiger partial charge in [0.2, 0.25) is 6.79 Å². The van der Waals surface area contributed by atoms with E-state index in [1.54, 1.807) is 0 Å². The Balaban J connectivity index is 1.25.